The molecule has 2 aromatic carbocycles. The fraction of sp³-hybridized carbons (Fsp3) is 0.200. The summed E-state index contributed by atoms with van der Waals surface area (Å²) in [5.41, 5.74) is 0.607. The van der Waals surface area contributed by atoms with Crippen LogP contribution in [0.3, 0.4) is 0 Å². The lowest BCUT2D eigenvalue weighted by Gasteiger charge is -2.28. The topological polar surface area (TPSA) is 58.6 Å². The summed E-state index contributed by atoms with van der Waals surface area (Å²) in [7, 11) is -2.09. The minimum absolute atomic E-state index is 0.0123. The SMILES string of the molecule is CN1CCOc2ccc(S(=O)(=O)Nc3ccc(F)c(F)c3)cc21. The van der Waals surface area contributed by atoms with Crippen molar-refractivity contribution in [2.75, 3.05) is 29.8 Å². The summed E-state index contributed by atoms with van der Waals surface area (Å²) in [6.07, 6.45) is 0. The predicted molar refractivity (Wildman–Crippen MR) is 82.4 cm³/mol. The van der Waals surface area contributed by atoms with Crippen LogP contribution in [0.1, 0.15) is 0 Å². The number of ether oxygens (including phenoxy) is 1. The molecule has 8 heteroatoms. The molecule has 1 aliphatic heterocycles. The molecule has 122 valence electrons. The van der Waals surface area contributed by atoms with Crippen LogP contribution in [-0.2, 0) is 10.0 Å². The second kappa shape index (κ2) is 5.69. The van der Waals surface area contributed by atoms with Crippen LogP contribution in [0.2, 0.25) is 0 Å². The Morgan fingerprint density at radius 3 is 2.65 bits per heavy atom. The smallest absolute Gasteiger partial charge is 0.261 e. The van der Waals surface area contributed by atoms with E-state index < -0.39 is 21.7 Å². The first-order chi connectivity index (χ1) is 10.9. The number of anilines is 2. The van der Waals surface area contributed by atoms with E-state index in [1.54, 1.807) is 6.07 Å². The number of nitrogens with one attached hydrogen (secondary N) is 1. The Morgan fingerprint density at radius 1 is 1.13 bits per heavy atom. The number of halogens is 2. The van der Waals surface area contributed by atoms with Crippen molar-refractivity contribution < 1.29 is 21.9 Å². The summed E-state index contributed by atoms with van der Waals surface area (Å²) in [6.45, 7) is 1.18. The van der Waals surface area contributed by atoms with Crippen LogP contribution in [0.5, 0.6) is 5.75 Å². The minimum Gasteiger partial charge on any atom is -0.490 e. The fourth-order valence-corrected chi connectivity index (χ4v) is 3.34. The standard InChI is InChI=1S/C15H14F2N2O3S/c1-19-6-7-22-15-5-3-11(9-14(15)19)23(20,21)18-10-2-4-12(16)13(17)8-10/h2-5,8-9,18H,6-7H2,1H3. The molecule has 0 aliphatic carbocycles. The number of nitrogens with zero attached hydrogens (tertiary/aromatic N) is 1. The van der Waals surface area contributed by atoms with Gasteiger partial charge in [0.15, 0.2) is 11.6 Å². The van der Waals surface area contributed by atoms with Gasteiger partial charge in [-0.25, -0.2) is 17.2 Å². The van der Waals surface area contributed by atoms with Gasteiger partial charge < -0.3 is 9.64 Å². The number of hydrogen-bond acceptors (Lipinski definition) is 4. The van der Waals surface area contributed by atoms with Crippen molar-refractivity contribution in [1.82, 2.24) is 0 Å². The van der Waals surface area contributed by atoms with E-state index in [0.29, 0.717) is 24.6 Å². The number of benzene rings is 2. The lowest BCUT2D eigenvalue weighted by atomic mass is 10.2. The molecule has 0 amide bonds. The first-order valence-corrected chi connectivity index (χ1v) is 8.31. The molecule has 3 rings (SSSR count). The Balaban J connectivity index is 1.93. The van der Waals surface area contributed by atoms with Crippen molar-refractivity contribution >= 4 is 21.4 Å². The monoisotopic (exact) mass is 340 g/mol. The molecule has 1 heterocycles. The first-order valence-electron chi connectivity index (χ1n) is 6.83. The molecule has 2 aromatic rings. The van der Waals surface area contributed by atoms with E-state index in [2.05, 4.69) is 4.72 Å². The van der Waals surface area contributed by atoms with Crippen LogP contribution < -0.4 is 14.4 Å². The summed E-state index contributed by atoms with van der Waals surface area (Å²) in [6, 6.07) is 7.27. The maximum Gasteiger partial charge on any atom is 0.261 e. The highest BCUT2D eigenvalue weighted by atomic mass is 32.2. The highest BCUT2D eigenvalue weighted by Crippen LogP contribution is 2.33. The van der Waals surface area contributed by atoms with Crippen LogP contribution in [0.25, 0.3) is 0 Å². The molecule has 0 aromatic heterocycles. The average Bonchev–Trinajstić information content (AvgIpc) is 2.51. The van der Waals surface area contributed by atoms with Crippen molar-refractivity contribution in [3.05, 3.63) is 48.0 Å². The van der Waals surface area contributed by atoms with E-state index in [0.717, 1.165) is 18.2 Å². The molecule has 0 atom stereocenters. The van der Waals surface area contributed by atoms with E-state index in [1.807, 2.05) is 11.9 Å². The zero-order valence-electron chi connectivity index (χ0n) is 12.2. The van der Waals surface area contributed by atoms with Crippen LogP contribution in [-0.4, -0.2) is 28.6 Å². The van der Waals surface area contributed by atoms with Gasteiger partial charge in [-0.05, 0) is 30.3 Å². The third-order valence-electron chi connectivity index (χ3n) is 3.51. The highest BCUT2D eigenvalue weighted by Gasteiger charge is 2.21. The Morgan fingerprint density at radius 2 is 1.91 bits per heavy atom. The summed E-state index contributed by atoms with van der Waals surface area (Å²) in [4.78, 5) is 1.90. The molecule has 0 spiro atoms. The molecule has 0 radical (unpaired) electrons. The van der Waals surface area contributed by atoms with Gasteiger partial charge in [0.25, 0.3) is 10.0 Å². The van der Waals surface area contributed by atoms with Gasteiger partial charge in [-0.2, -0.15) is 0 Å². The van der Waals surface area contributed by atoms with E-state index in [1.165, 1.54) is 12.1 Å². The Hall–Kier alpha value is -2.35. The third kappa shape index (κ3) is 3.07. The van der Waals surface area contributed by atoms with E-state index >= 15 is 0 Å². The predicted octanol–water partition coefficient (Wildman–Crippen LogP) is 2.59. The van der Waals surface area contributed by atoms with Crippen LogP contribution in [0.4, 0.5) is 20.2 Å². The maximum atomic E-state index is 13.2. The normalized spacial score (nSPS) is 14.1. The molecule has 0 saturated heterocycles. The summed E-state index contributed by atoms with van der Waals surface area (Å²) in [5, 5.41) is 0. The Bertz CT molecular complexity index is 856. The highest BCUT2D eigenvalue weighted by molar-refractivity contribution is 7.92. The fourth-order valence-electron chi connectivity index (χ4n) is 2.27. The number of likely N-dealkylation sites (N-methyl/N-ethyl adjacent to an activating group) is 1. The molecule has 0 saturated carbocycles. The van der Waals surface area contributed by atoms with Gasteiger partial charge in [0.1, 0.15) is 12.4 Å². The second-order valence-electron chi connectivity index (χ2n) is 5.13. The molecule has 5 nitrogen and oxygen atoms in total. The van der Waals surface area contributed by atoms with Gasteiger partial charge in [0.05, 0.1) is 22.8 Å². The zero-order chi connectivity index (χ0) is 16.6. The van der Waals surface area contributed by atoms with Gasteiger partial charge in [-0.1, -0.05) is 0 Å². The number of rotatable bonds is 3. The van der Waals surface area contributed by atoms with Crippen molar-refractivity contribution in [1.29, 1.82) is 0 Å². The first kappa shape index (κ1) is 15.5. The molecular weight excluding hydrogens is 326 g/mol. The zero-order valence-corrected chi connectivity index (χ0v) is 13.0. The largest absolute Gasteiger partial charge is 0.490 e. The molecule has 0 unspecified atom stereocenters. The summed E-state index contributed by atoms with van der Waals surface area (Å²) >= 11 is 0. The van der Waals surface area contributed by atoms with Crippen LogP contribution in [0.15, 0.2) is 41.3 Å². The number of sulfonamides is 1. The number of fused-ring (bicyclic) bond motifs is 1. The van der Waals surface area contributed by atoms with Gasteiger partial charge in [0.2, 0.25) is 0 Å². The second-order valence-corrected chi connectivity index (χ2v) is 6.82. The lowest BCUT2D eigenvalue weighted by molar-refractivity contribution is 0.311. The van der Waals surface area contributed by atoms with Crippen molar-refractivity contribution in [2.24, 2.45) is 0 Å². The molecule has 1 N–H and O–H groups in total. The number of hydrogen-bond donors (Lipinski definition) is 1. The van der Waals surface area contributed by atoms with Crippen molar-refractivity contribution in [3.8, 4) is 5.75 Å². The maximum absolute atomic E-state index is 13.2. The summed E-state index contributed by atoms with van der Waals surface area (Å²) < 4.78 is 58.6. The van der Waals surface area contributed by atoms with Gasteiger partial charge >= 0.3 is 0 Å². The van der Waals surface area contributed by atoms with Gasteiger partial charge in [0, 0.05) is 13.1 Å². The van der Waals surface area contributed by atoms with Crippen molar-refractivity contribution in [3.63, 3.8) is 0 Å². The molecular formula is C15H14F2N2O3S. The van der Waals surface area contributed by atoms with E-state index in [9.17, 15) is 17.2 Å². The molecule has 1 aliphatic rings. The van der Waals surface area contributed by atoms with Crippen LogP contribution >= 0.6 is 0 Å². The van der Waals surface area contributed by atoms with E-state index in [4.69, 9.17) is 4.74 Å². The summed E-state index contributed by atoms with van der Waals surface area (Å²) in [5.74, 6) is -1.56. The molecule has 0 bridgehead atoms. The van der Waals surface area contributed by atoms with Crippen LogP contribution in [0, 0.1) is 11.6 Å². The average molecular weight is 340 g/mol. The Kier molecular flexibility index (Phi) is 3.85. The lowest BCUT2D eigenvalue weighted by Crippen LogP contribution is -2.29. The van der Waals surface area contributed by atoms with E-state index in [-0.39, 0.29) is 10.6 Å². The van der Waals surface area contributed by atoms with Crippen molar-refractivity contribution in [2.45, 2.75) is 4.90 Å². The minimum atomic E-state index is -3.92. The molecule has 23 heavy (non-hydrogen) atoms. The van der Waals surface area contributed by atoms with Gasteiger partial charge in [-0.15, -0.1) is 0 Å². The Labute approximate surface area is 132 Å². The van der Waals surface area contributed by atoms with Gasteiger partial charge in [-0.3, -0.25) is 4.72 Å². The quantitative estimate of drug-likeness (QED) is 0.933. The third-order valence-corrected chi connectivity index (χ3v) is 4.89. The molecule has 0 fully saturated rings.